The molecule has 7 nitrogen and oxygen atoms in total. The van der Waals surface area contributed by atoms with E-state index in [1.54, 1.807) is 31.4 Å². The Kier molecular flexibility index (Phi) is 6.42. The molecule has 8 heteroatoms. The number of amides is 1. The van der Waals surface area contributed by atoms with Crippen LogP contribution < -0.4 is 21.3 Å². The number of methoxy groups -OCH3 is 1. The van der Waals surface area contributed by atoms with Gasteiger partial charge in [-0.3, -0.25) is 19.1 Å². The van der Waals surface area contributed by atoms with Gasteiger partial charge in [-0.2, -0.15) is 0 Å². The first-order valence-corrected chi connectivity index (χ1v) is 10.5. The van der Waals surface area contributed by atoms with Crippen LogP contribution in [0.2, 0.25) is 5.02 Å². The fourth-order valence-electron chi connectivity index (χ4n) is 3.42. The first kappa shape index (κ1) is 22.1. The summed E-state index contributed by atoms with van der Waals surface area (Å²) < 4.78 is 6.51. The fraction of sp³-hybridized carbons (Fsp3) is 0.0800. The number of ether oxygens (including phenoxy) is 1. The zero-order valence-corrected chi connectivity index (χ0v) is 18.4. The number of carbonyl (C=O) groups is 1. The summed E-state index contributed by atoms with van der Waals surface area (Å²) in [5, 5.41) is 3.37. The molecule has 0 bridgehead atoms. The molecule has 166 valence electrons. The summed E-state index contributed by atoms with van der Waals surface area (Å²) in [4.78, 5) is 37.9. The highest BCUT2D eigenvalue weighted by Crippen LogP contribution is 2.30. The molecule has 0 aliphatic carbocycles. The van der Waals surface area contributed by atoms with Gasteiger partial charge in [0.1, 0.15) is 5.75 Å². The largest absolute Gasteiger partial charge is 0.495 e. The van der Waals surface area contributed by atoms with Crippen molar-refractivity contribution in [3.63, 3.8) is 0 Å². The van der Waals surface area contributed by atoms with Gasteiger partial charge >= 0.3 is 5.69 Å². The highest BCUT2D eigenvalue weighted by atomic mass is 35.5. The maximum absolute atomic E-state index is 12.6. The zero-order valence-electron chi connectivity index (χ0n) is 17.7. The summed E-state index contributed by atoms with van der Waals surface area (Å²) in [7, 11) is 1.57. The van der Waals surface area contributed by atoms with Crippen LogP contribution in [0.4, 0.5) is 5.69 Å². The van der Waals surface area contributed by atoms with Crippen LogP contribution in [-0.2, 0) is 11.2 Å². The van der Waals surface area contributed by atoms with E-state index in [4.69, 9.17) is 16.3 Å². The van der Waals surface area contributed by atoms with Crippen molar-refractivity contribution in [2.45, 2.75) is 6.42 Å². The minimum absolute atomic E-state index is 0.172. The van der Waals surface area contributed by atoms with Crippen LogP contribution in [-0.4, -0.2) is 22.6 Å². The van der Waals surface area contributed by atoms with E-state index in [9.17, 15) is 14.4 Å². The monoisotopic (exact) mass is 461 g/mol. The van der Waals surface area contributed by atoms with Crippen LogP contribution in [0.1, 0.15) is 5.56 Å². The summed E-state index contributed by atoms with van der Waals surface area (Å²) >= 11 is 6.24. The number of benzene rings is 3. The lowest BCUT2D eigenvalue weighted by Crippen LogP contribution is -2.27. The Balaban J connectivity index is 1.45. The molecule has 0 unspecified atom stereocenters. The van der Waals surface area contributed by atoms with Gasteiger partial charge < -0.3 is 10.1 Å². The van der Waals surface area contributed by atoms with Gasteiger partial charge in [0.2, 0.25) is 5.91 Å². The van der Waals surface area contributed by atoms with Crippen LogP contribution in [0.15, 0.2) is 88.6 Å². The normalized spacial score (nSPS) is 10.6. The summed E-state index contributed by atoms with van der Waals surface area (Å²) in [5.74, 6) is 0.432. The van der Waals surface area contributed by atoms with Gasteiger partial charge in [-0.25, -0.2) is 4.79 Å². The van der Waals surface area contributed by atoms with Crippen molar-refractivity contribution in [2.75, 3.05) is 12.4 Å². The maximum Gasteiger partial charge on any atom is 0.332 e. The lowest BCUT2D eigenvalue weighted by atomic mass is 10.0. The minimum atomic E-state index is -0.530. The second-order valence-electron chi connectivity index (χ2n) is 7.30. The average Bonchev–Trinajstić information content (AvgIpc) is 2.80. The third-order valence-electron chi connectivity index (χ3n) is 5.03. The van der Waals surface area contributed by atoms with Crippen molar-refractivity contribution in [3.8, 4) is 22.6 Å². The number of aromatic amines is 1. The molecular weight excluding hydrogens is 442 g/mol. The zero-order chi connectivity index (χ0) is 23.4. The Morgan fingerprint density at radius 3 is 2.45 bits per heavy atom. The fourth-order valence-corrected chi connectivity index (χ4v) is 3.68. The molecule has 0 aliphatic rings. The van der Waals surface area contributed by atoms with E-state index < -0.39 is 11.2 Å². The predicted molar refractivity (Wildman–Crippen MR) is 128 cm³/mol. The molecule has 0 fully saturated rings. The van der Waals surface area contributed by atoms with Gasteiger partial charge in [0.25, 0.3) is 5.56 Å². The van der Waals surface area contributed by atoms with Crippen LogP contribution in [0, 0.1) is 0 Å². The molecule has 4 rings (SSSR count). The smallest absolute Gasteiger partial charge is 0.332 e. The lowest BCUT2D eigenvalue weighted by Gasteiger charge is -2.10. The van der Waals surface area contributed by atoms with Crippen LogP contribution >= 0.6 is 11.6 Å². The molecule has 0 saturated carbocycles. The van der Waals surface area contributed by atoms with E-state index >= 15 is 0 Å². The predicted octanol–water partition coefficient (Wildman–Crippen LogP) is 4.04. The van der Waals surface area contributed by atoms with Gasteiger partial charge in [-0.05, 0) is 53.1 Å². The molecule has 33 heavy (non-hydrogen) atoms. The van der Waals surface area contributed by atoms with Crippen molar-refractivity contribution in [3.05, 3.63) is 110 Å². The highest BCUT2D eigenvalue weighted by Gasteiger charge is 2.08. The first-order valence-electron chi connectivity index (χ1n) is 10.1. The number of halogens is 1. The van der Waals surface area contributed by atoms with E-state index in [1.807, 2.05) is 42.5 Å². The molecule has 0 atom stereocenters. The molecule has 0 radical (unpaired) electrons. The number of hydrogen-bond acceptors (Lipinski definition) is 4. The molecule has 0 aliphatic heterocycles. The maximum atomic E-state index is 12.6. The van der Waals surface area contributed by atoms with Crippen molar-refractivity contribution in [1.82, 2.24) is 9.55 Å². The van der Waals surface area contributed by atoms with Crippen LogP contribution in [0.5, 0.6) is 5.75 Å². The van der Waals surface area contributed by atoms with E-state index in [0.717, 1.165) is 16.7 Å². The third-order valence-corrected chi connectivity index (χ3v) is 5.33. The summed E-state index contributed by atoms with van der Waals surface area (Å²) in [6, 6.07) is 21.3. The van der Waals surface area contributed by atoms with Gasteiger partial charge in [0.05, 0.1) is 24.2 Å². The summed E-state index contributed by atoms with van der Waals surface area (Å²) in [6.07, 6.45) is 1.59. The minimum Gasteiger partial charge on any atom is -0.495 e. The Labute approximate surface area is 194 Å². The second-order valence-corrected chi connectivity index (χ2v) is 7.71. The highest BCUT2D eigenvalue weighted by molar-refractivity contribution is 6.32. The number of hydrogen-bond donors (Lipinski definition) is 2. The average molecular weight is 462 g/mol. The molecular formula is C25H20ClN3O4. The van der Waals surface area contributed by atoms with Crippen molar-refractivity contribution in [1.29, 1.82) is 0 Å². The number of carbonyl (C=O) groups excluding carboxylic acids is 1. The number of H-pyrrole nitrogens is 1. The molecule has 3 aromatic carbocycles. The molecule has 1 amide bonds. The van der Waals surface area contributed by atoms with Gasteiger partial charge in [0, 0.05) is 18.0 Å². The van der Waals surface area contributed by atoms with Crippen LogP contribution in [0.3, 0.4) is 0 Å². The number of aromatic nitrogens is 2. The third kappa shape index (κ3) is 5.22. The van der Waals surface area contributed by atoms with E-state index in [-0.39, 0.29) is 12.3 Å². The van der Waals surface area contributed by atoms with Crippen molar-refractivity contribution < 1.29 is 9.53 Å². The van der Waals surface area contributed by atoms with Gasteiger partial charge in [-0.15, -0.1) is 0 Å². The Hall–Kier alpha value is -4.10. The molecule has 4 aromatic rings. The molecule has 1 heterocycles. The second kappa shape index (κ2) is 9.58. The first-order chi connectivity index (χ1) is 15.9. The topological polar surface area (TPSA) is 93.2 Å². The number of nitrogens with one attached hydrogen (secondary N) is 2. The SMILES string of the molecule is COc1ccc(-c2cccc(CC(=O)Nc3ccc(-n4ccc(=O)[nH]c4=O)cc3)c2)cc1Cl. The van der Waals surface area contributed by atoms with E-state index in [0.29, 0.717) is 22.1 Å². The molecule has 1 aromatic heterocycles. The Bertz CT molecular complexity index is 1420. The standard InChI is InChI=1S/C25H20ClN3O4/c1-33-22-10-5-18(15-21(22)26)17-4-2-3-16(13-17)14-24(31)27-19-6-8-20(9-7-19)29-12-11-23(30)28-25(29)32/h2-13,15H,14H2,1H3,(H,27,31)(H,28,30,32). The number of anilines is 1. The summed E-state index contributed by atoms with van der Waals surface area (Å²) in [6.45, 7) is 0. The molecule has 0 saturated heterocycles. The van der Waals surface area contributed by atoms with E-state index in [1.165, 1.54) is 16.8 Å². The van der Waals surface area contributed by atoms with Crippen molar-refractivity contribution >= 4 is 23.2 Å². The van der Waals surface area contributed by atoms with Crippen molar-refractivity contribution in [2.24, 2.45) is 0 Å². The lowest BCUT2D eigenvalue weighted by molar-refractivity contribution is -0.115. The molecule has 0 spiro atoms. The number of rotatable bonds is 6. The Morgan fingerprint density at radius 2 is 1.76 bits per heavy atom. The Morgan fingerprint density at radius 1 is 1.00 bits per heavy atom. The summed E-state index contributed by atoms with van der Waals surface area (Å²) in [5.41, 5.74) is 2.90. The van der Waals surface area contributed by atoms with Crippen LogP contribution in [0.25, 0.3) is 16.8 Å². The quantitative estimate of drug-likeness (QED) is 0.453. The van der Waals surface area contributed by atoms with Gasteiger partial charge in [-0.1, -0.05) is 41.9 Å². The number of nitrogens with zero attached hydrogens (tertiary/aromatic N) is 1. The van der Waals surface area contributed by atoms with E-state index in [2.05, 4.69) is 10.3 Å². The molecule has 2 N–H and O–H groups in total. The van der Waals surface area contributed by atoms with Gasteiger partial charge in [0.15, 0.2) is 0 Å².